The summed E-state index contributed by atoms with van der Waals surface area (Å²) >= 11 is 0. The van der Waals surface area contributed by atoms with E-state index >= 15 is 0 Å². The van der Waals surface area contributed by atoms with E-state index in [1.54, 1.807) is 5.57 Å². The summed E-state index contributed by atoms with van der Waals surface area (Å²) in [5, 5.41) is 0. The highest BCUT2D eigenvalue weighted by atomic mass is 14.2. The van der Waals surface area contributed by atoms with Crippen molar-refractivity contribution in [2.75, 3.05) is 0 Å². The van der Waals surface area contributed by atoms with Gasteiger partial charge in [-0.2, -0.15) is 0 Å². The van der Waals surface area contributed by atoms with Gasteiger partial charge >= 0.3 is 0 Å². The maximum atomic E-state index is 2.42. The fraction of sp³-hybridized carbons (Fsp3) is 0.636. The Labute approximate surface area is 70.0 Å². The van der Waals surface area contributed by atoms with Crippen LogP contribution < -0.4 is 0 Å². The third-order valence-corrected chi connectivity index (χ3v) is 2.32. The molecule has 0 saturated heterocycles. The normalized spacial score (nSPS) is 26.7. The molecule has 62 valence electrons. The number of hydrogen-bond acceptors (Lipinski definition) is 0. The SMILES string of the molecule is C1=CC2CCCC=C2C1.CC. The third kappa shape index (κ3) is 1.95. The molecule has 1 atom stereocenters. The molecule has 0 amide bonds. The highest BCUT2D eigenvalue weighted by molar-refractivity contribution is 5.24. The first-order valence-electron chi connectivity index (χ1n) is 4.82. The quantitative estimate of drug-likeness (QED) is 0.462. The monoisotopic (exact) mass is 150 g/mol. The van der Waals surface area contributed by atoms with Gasteiger partial charge in [0.25, 0.3) is 0 Å². The van der Waals surface area contributed by atoms with Gasteiger partial charge in [-0.1, -0.05) is 37.6 Å². The Morgan fingerprint density at radius 1 is 1.36 bits per heavy atom. The van der Waals surface area contributed by atoms with Crippen molar-refractivity contribution in [1.29, 1.82) is 0 Å². The lowest BCUT2D eigenvalue weighted by Crippen LogP contribution is -2.00. The maximum absolute atomic E-state index is 2.42. The summed E-state index contributed by atoms with van der Waals surface area (Å²) in [6, 6.07) is 0. The van der Waals surface area contributed by atoms with Gasteiger partial charge in [0.15, 0.2) is 0 Å². The van der Waals surface area contributed by atoms with Gasteiger partial charge in [0.05, 0.1) is 0 Å². The molecule has 11 heavy (non-hydrogen) atoms. The Balaban J connectivity index is 0.000000281. The van der Waals surface area contributed by atoms with Crippen molar-refractivity contribution in [3.05, 3.63) is 23.8 Å². The van der Waals surface area contributed by atoms with Gasteiger partial charge in [0.1, 0.15) is 0 Å². The molecule has 0 aromatic carbocycles. The van der Waals surface area contributed by atoms with Gasteiger partial charge in [-0.15, -0.1) is 0 Å². The van der Waals surface area contributed by atoms with Crippen LogP contribution in [0.4, 0.5) is 0 Å². The van der Waals surface area contributed by atoms with Crippen molar-refractivity contribution in [1.82, 2.24) is 0 Å². The molecule has 0 heteroatoms. The molecule has 2 rings (SSSR count). The zero-order valence-corrected chi connectivity index (χ0v) is 7.64. The van der Waals surface area contributed by atoms with Crippen molar-refractivity contribution in [3.63, 3.8) is 0 Å². The fourth-order valence-electron chi connectivity index (χ4n) is 1.78. The maximum Gasteiger partial charge on any atom is -0.00200 e. The van der Waals surface area contributed by atoms with Crippen molar-refractivity contribution in [3.8, 4) is 0 Å². The topological polar surface area (TPSA) is 0 Å². The average molecular weight is 150 g/mol. The predicted octanol–water partition coefficient (Wildman–Crippen LogP) is 3.70. The zero-order valence-electron chi connectivity index (χ0n) is 7.64. The van der Waals surface area contributed by atoms with Crippen molar-refractivity contribution >= 4 is 0 Å². The number of rotatable bonds is 0. The highest BCUT2D eigenvalue weighted by Gasteiger charge is 2.16. The minimum absolute atomic E-state index is 0.846. The molecule has 0 saturated carbocycles. The first-order chi connectivity index (χ1) is 5.47. The predicted molar refractivity (Wildman–Crippen MR) is 50.5 cm³/mol. The molecule has 0 N–H and O–H groups in total. The average Bonchev–Trinajstić information content (AvgIpc) is 2.55. The van der Waals surface area contributed by atoms with Crippen LogP contribution in [0.15, 0.2) is 23.8 Å². The van der Waals surface area contributed by atoms with Crippen molar-refractivity contribution < 1.29 is 0 Å². The second-order valence-corrected chi connectivity index (χ2v) is 2.95. The number of hydrogen-bond donors (Lipinski definition) is 0. The van der Waals surface area contributed by atoms with E-state index in [9.17, 15) is 0 Å². The van der Waals surface area contributed by atoms with Crippen LogP contribution in [-0.4, -0.2) is 0 Å². The molecule has 0 aromatic heterocycles. The third-order valence-electron chi connectivity index (χ3n) is 2.32. The number of fused-ring (bicyclic) bond motifs is 1. The molecular weight excluding hydrogens is 132 g/mol. The van der Waals surface area contributed by atoms with Gasteiger partial charge < -0.3 is 0 Å². The van der Waals surface area contributed by atoms with Crippen LogP contribution in [0.25, 0.3) is 0 Å². The summed E-state index contributed by atoms with van der Waals surface area (Å²) in [6.07, 6.45) is 12.5. The Kier molecular flexibility index (Phi) is 3.41. The summed E-state index contributed by atoms with van der Waals surface area (Å²) in [4.78, 5) is 0. The summed E-state index contributed by atoms with van der Waals surface area (Å²) in [6.45, 7) is 4.00. The van der Waals surface area contributed by atoms with E-state index < -0.39 is 0 Å². The second-order valence-electron chi connectivity index (χ2n) is 2.95. The summed E-state index contributed by atoms with van der Waals surface area (Å²) in [5.74, 6) is 0.846. The van der Waals surface area contributed by atoms with Crippen LogP contribution >= 0.6 is 0 Å². The van der Waals surface area contributed by atoms with E-state index in [1.165, 1.54) is 25.7 Å². The summed E-state index contributed by atoms with van der Waals surface area (Å²) in [7, 11) is 0. The zero-order chi connectivity index (χ0) is 8.10. The van der Waals surface area contributed by atoms with Gasteiger partial charge in [0.2, 0.25) is 0 Å². The Bertz CT molecular complexity index is 163. The van der Waals surface area contributed by atoms with Crippen LogP contribution in [0.3, 0.4) is 0 Å². The van der Waals surface area contributed by atoms with Crippen molar-refractivity contribution in [2.24, 2.45) is 5.92 Å². The van der Waals surface area contributed by atoms with Crippen LogP contribution in [0.2, 0.25) is 0 Å². The van der Waals surface area contributed by atoms with E-state index in [-0.39, 0.29) is 0 Å². The molecule has 0 radical (unpaired) electrons. The highest BCUT2D eigenvalue weighted by Crippen LogP contribution is 2.32. The lowest BCUT2D eigenvalue weighted by atomic mass is 9.90. The van der Waals surface area contributed by atoms with E-state index in [4.69, 9.17) is 0 Å². The Morgan fingerprint density at radius 3 is 2.91 bits per heavy atom. The lowest BCUT2D eigenvalue weighted by molar-refractivity contribution is 0.605. The number of allylic oxidation sites excluding steroid dienone is 4. The standard InChI is InChI=1S/C9H12.C2H6/c1-2-5-9-7-3-6-8(9)4-1;1-2/h3-4,7,9H,1-2,5-6H2;1-2H3. The minimum atomic E-state index is 0.846. The second kappa shape index (κ2) is 4.38. The minimum Gasteiger partial charge on any atom is -0.0844 e. The molecule has 0 spiro atoms. The van der Waals surface area contributed by atoms with Crippen LogP contribution in [0, 0.1) is 5.92 Å². The molecule has 2 aliphatic carbocycles. The van der Waals surface area contributed by atoms with E-state index in [1.807, 2.05) is 13.8 Å². The molecule has 2 aliphatic rings. The van der Waals surface area contributed by atoms with E-state index in [0.717, 1.165) is 5.92 Å². The molecule has 0 fully saturated rings. The van der Waals surface area contributed by atoms with Gasteiger partial charge in [-0.05, 0) is 31.6 Å². The molecular formula is C11H18. The van der Waals surface area contributed by atoms with Gasteiger partial charge in [-0.3, -0.25) is 0 Å². The molecule has 1 unspecified atom stereocenters. The summed E-state index contributed by atoms with van der Waals surface area (Å²) < 4.78 is 0. The van der Waals surface area contributed by atoms with Gasteiger partial charge in [-0.25, -0.2) is 0 Å². The molecule has 0 nitrogen and oxygen atoms in total. The fourth-order valence-corrected chi connectivity index (χ4v) is 1.78. The summed E-state index contributed by atoms with van der Waals surface area (Å²) in [5.41, 5.74) is 1.68. The molecule has 0 heterocycles. The first-order valence-corrected chi connectivity index (χ1v) is 4.82. The molecule has 0 aliphatic heterocycles. The van der Waals surface area contributed by atoms with E-state index in [0.29, 0.717) is 0 Å². The van der Waals surface area contributed by atoms with Crippen LogP contribution in [0.1, 0.15) is 39.5 Å². The van der Waals surface area contributed by atoms with Gasteiger partial charge in [0, 0.05) is 0 Å². The molecule has 0 bridgehead atoms. The van der Waals surface area contributed by atoms with Crippen molar-refractivity contribution in [2.45, 2.75) is 39.5 Å². The Morgan fingerprint density at radius 2 is 2.18 bits per heavy atom. The van der Waals surface area contributed by atoms with Crippen LogP contribution in [-0.2, 0) is 0 Å². The molecule has 0 aromatic rings. The first kappa shape index (κ1) is 8.58. The van der Waals surface area contributed by atoms with E-state index in [2.05, 4.69) is 18.2 Å². The Hall–Kier alpha value is -0.520. The lowest BCUT2D eigenvalue weighted by Gasteiger charge is -2.15. The van der Waals surface area contributed by atoms with Crippen LogP contribution in [0.5, 0.6) is 0 Å². The largest absolute Gasteiger partial charge is 0.0844 e. The smallest absolute Gasteiger partial charge is 0.00200 e.